The Bertz CT molecular complexity index is 322. The van der Waals surface area contributed by atoms with E-state index in [0.29, 0.717) is 24.6 Å². The zero-order valence-electron chi connectivity index (χ0n) is 9.69. The van der Waals surface area contributed by atoms with Crippen LogP contribution >= 0.6 is 0 Å². The zero-order chi connectivity index (χ0) is 11.4. The first-order chi connectivity index (χ1) is 7.79. The molecule has 0 spiro atoms. The minimum absolute atomic E-state index is 0.0906. The molecule has 16 heavy (non-hydrogen) atoms. The van der Waals surface area contributed by atoms with Crippen LogP contribution in [0.2, 0.25) is 0 Å². The minimum Gasteiger partial charge on any atom is -0.406 e. The normalized spacial score (nSPS) is 22.2. The summed E-state index contributed by atoms with van der Waals surface area (Å²) in [6.45, 7) is 6.43. The first-order valence-electron chi connectivity index (χ1n) is 5.70. The Morgan fingerprint density at radius 1 is 1.50 bits per heavy atom. The topological polar surface area (TPSA) is 72.2 Å². The van der Waals surface area contributed by atoms with Gasteiger partial charge in [-0.3, -0.25) is 0 Å². The van der Waals surface area contributed by atoms with Gasteiger partial charge in [-0.05, 0) is 19.9 Å². The van der Waals surface area contributed by atoms with E-state index in [1.54, 1.807) is 0 Å². The van der Waals surface area contributed by atoms with Gasteiger partial charge >= 0.3 is 6.01 Å². The lowest BCUT2D eigenvalue weighted by molar-refractivity contribution is 0.195. The van der Waals surface area contributed by atoms with Crippen molar-refractivity contribution in [1.82, 2.24) is 15.5 Å². The quantitative estimate of drug-likeness (QED) is 0.778. The van der Waals surface area contributed by atoms with Gasteiger partial charge in [0.15, 0.2) is 0 Å². The molecule has 0 aromatic carbocycles. The zero-order valence-corrected chi connectivity index (χ0v) is 9.69. The number of hydrogen-bond acceptors (Lipinski definition) is 6. The molecule has 1 aliphatic heterocycles. The van der Waals surface area contributed by atoms with Crippen LogP contribution in [0.25, 0.3) is 0 Å². The summed E-state index contributed by atoms with van der Waals surface area (Å²) in [5, 5.41) is 14.3. The maximum Gasteiger partial charge on any atom is 0.315 e. The molecule has 2 rings (SSSR count). The van der Waals surface area contributed by atoms with Crippen LogP contribution in [0.15, 0.2) is 4.42 Å². The van der Waals surface area contributed by atoms with Gasteiger partial charge in [0, 0.05) is 6.61 Å². The molecule has 0 amide bonds. The summed E-state index contributed by atoms with van der Waals surface area (Å²) in [6, 6.07) is 0.867. The van der Waals surface area contributed by atoms with E-state index in [1.807, 2.05) is 13.8 Å². The fourth-order valence-electron chi connectivity index (χ4n) is 1.68. The van der Waals surface area contributed by atoms with Gasteiger partial charge in [0.25, 0.3) is 0 Å². The number of hydrogen-bond donors (Lipinski definition) is 2. The van der Waals surface area contributed by atoms with Gasteiger partial charge in [-0.15, -0.1) is 5.10 Å². The summed E-state index contributed by atoms with van der Waals surface area (Å²) in [7, 11) is 0. The molecule has 0 saturated carbocycles. The second-order valence-electron chi connectivity index (χ2n) is 3.93. The molecule has 2 heterocycles. The van der Waals surface area contributed by atoms with Crippen molar-refractivity contribution in [2.24, 2.45) is 0 Å². The molecule has 2 unspecified atom stereocenters. The summed E-state index contributed by atoms with van der Waals surface area (Å²) in [4.78, 5) is 0. The Hall–Kier alpha value is -1.14. The molecule has 0 radical (unpaired) electrons. The average molecular weight is 226 g/mol. The Morgan fingerprint density at radius 3 is 3.06 bits per heavy atom. The van der Waals surface area contributed by atoms with Crippen molar-refractivity contribution >= 4 is 6.01 Å². The smallest absolute Gasteiger partial charge is 0.315 e. The molecule has 1 fully saturated rings. The highest BCUT2D eigenvalue weighted by Crippen LogP contribution is 2.16. The molecule has 6 heteroatoms. The van der Waals surface area contributed by atoms with Crippen molar-refractivity contribution in [2.45, 2.75) is 32.4 Å². The molecule has 6 nitrogen and oxygen atoms in total. The summed E-state index contributed by atoms with van der Waals surface area (Å²) in [5.74, 6) is 0.614. The Labute approximate surface area is 94.8 Å². The SMILES string of the molecule is CCNC(C)c1nnc(NC2CCOC2)o1. The maximum absolute atomic E-state index is 5.51. The third-order valence-corrected chi connectivity index (χ3v) is 2.58. The predicted molar refractivity (Wildman–Crippen MR) is 59.2 cm³/mol. The van der Waals surface area contributed by atoms with Crippen LogP contribution in [0.1, 0.15) is 32.2 Å². The van der Waals surface area contributed by atoms with Gasteiger partial charge in [0.1, 0.15) is 0 Å². The van der Waals surface area contributed by atoms with E-state index in [1.165, 1.54) is 0 Å². The van der Waals surface area contributed by atoms with Gasteiger partial charge in [-0.2, -0.15) is 0 Å². The molecule has 90 valence electrons. The summed E-state index contributed by atoms with van der Waals surface area (Å²) in [5.41, 5.74) is 0. The number of rotatable bonds is 5. The highest BCUT2D eigenvalue weighted by molar-refractivity contribution is 5.20. The van der Waals surface area contributed by atoms with Crippen molar-refractivity contribution in [1.29, 1.82) is 0 Å². The average Bonchev–Trinajstić information content (AvgIpc) is 2.90. The first kappa shape index (κ1) is 11.3. The largest absolute Gasteiger partial charge is 0.406 e. The molecule has 0 bridgehead atoms. The lowest BCUT2D eigenvalue weighted by Gasteiger charge is -2.08. The Morgan fingerprint density at radius 2 is 2.38 bits per heavy atom. The second kappa shape index (κ2) is 5.27. The van der Waals surface area contributed by atoms with Crippen LogP contribution in [0.4, 0.5) is 6.01 Å². The maximum atomic E-state index is 5.51. The van der Waals surface area contributed by atoms with E-state index in [2.05, 4.69) is 20.8 Å². The second-order valence-corrected chi connectivity index (χ2v) is 3.93. The van der Waals surface area contributed by atoms with Gasteiger partial charge in [-0.1, -0.05) is 12.0 Å². The van der Waals surface area contributed by atoms with Crippen molar-refractivity contribution in [3.63, 3.8) is 0 Å². The molecule has 1 aromatic heterocycles. The van der Waals surface area contributed by atoms with Crippen LogP contribution in [0.3, 0.4) is 0 Å². The lowest BCUT2D eigenvalue weighted by atomic mass is 10.3. The number of ether oxygens (including phenoxy) is 1. The lowest BCUT2D eigenvalue weighted by Crippen LogP contribution is -2.19. The predicted octanol–water partition coefficient (Wildman–Crippen LogP) is 0.941. The highest BCUT2D eigenvalue weighted by atomic mass is 16.5. The van der Waals surface area contributed by atoms with Crippen LogP contribution in [-0.4, -0.2) is 36.0 Å². The monoisotopic (exact) mass is 226 g/mol. The minimum atomic E-state index is 0.0906. The molecular formula is C10H18N4O2. The molecular weight excluding hydrogens is 208 g/mol. The summed E-state index contributed by atoms with van der Waals surface area (Å²) in [6.07, 6.45) is 0.987. The number of nitrogens with one attached hydrogen (secondary N) is 2. The van der Waals surface area contributed by atoms with E-state index in [0.717, 1.165) is 19.6 Å². The van der Waals surface area contributed by atoms with E-state index in [9.17, 15) is 0 Å². The van der Waals surface area contributed by atoms with E-state index >= 15 is 0 Å². The van der Waals surface area contributed by atoms with Gasteiger partial charge < -0.3 is 19.8 Å². The Balaban J connectivity index is 1.90. The van der Waals surface area contributed by atoms with Crippen LogP contribution in [-0.2, 0) is 4.74 Å². The highest BCUT2D eigenvalue weighted by Gasteiger charge is 2.19. The summed E-state index contributed by atoms with van der Waals surface area (Å²) >= 11 is 0. The van der Waals surface area contributed by atoms with Crippen molar-refractivity contribution in [2.75, 3.05) is 25.1 Å². The van der Waals surface area contributed by atoms with Crippen molar-refractivity contribution < 1.29 is 9.15 Å². The van der Waals surface area contributed by atoms with Crippen molar-refractivity contribution in [3.8, 4) is 0 Å². The fourth-order valence-corrected chi connectivity index (χ4v) is 1.68. The van der Waals surface area contributed by atoms with Crippen LogP contribution in [0.5, 0.6) is 0 Å². The molecule has 1 aromatic rings. The summed E-state index contributed by atoms with van der Waals surface area (Å²) < 4.78 is 10.8. The third-order valence-electron chi connectivity index (χ3n) is 2.58. The molecule has 2 N–H and O–H groups in total. The van der Waals surface area contributed by atoms with Gasteiger partial charge in [0.05, 0.1) is 18.7 Å². The van der Waals surface area contributed by atoms with Gasteiger partial charge in [0.2, 0.25) is 5.89 Å². The van der Waals surface area contributed by atoms with E-state index in [4.69, 9.17) is 9.15 Å². The van der Waals surface area contributed by atoms with E-state index in [-0.39, 0.29) is 6.04 Å². The fraction of sp³-hybridized carbons (Fsp3) is 0.800. The Kier molecular flexibility index (Phi) is 3.74. The van der Waals surface area contributed by atoms with Crippen molar-refractivity contribution in [3.05, 3.63) is 5.89 Å². The number of aromatic nitrogens is 2. The molecule has 1 aliphatic rings. The number of nitrogens with zero attached hydrogens (tertiary/aromatic N) is 2. The van der Waals surface area contributed by atoms with Crippen LogP contribution < -0.4 is 10.6 Å². The first-order valence-corrected chi connectivity index (χ1v) is 5.70. The number of anilines is 1. The van der Waals surface area contributed by atoms with E-state index < -0.39 is 0 Å². The molecule has 2 atom stereocenters. The third kappa shape index (κ3) is 2.70. The van der Waals surface area contributed by atoms with Gasteiger partial charge in [-0.25, -0.2) is 0 Å². The molecule has 1 saturated heterocycles. The molecule has 0 aliphatic carbocycles. The van der Waals surface area contributed by atoms with Crippen LogP contribution in [0, 0.1) is 0 Å². The standard InChI is InChI=1S/C10H18N4O2/c1-3-11-7(2)9-13-14-10(16-9)12-8-4-5-15-6-8/h7-8,11H,3-6H2,1-2H3,(H,12,14).